The molecule has 5 heteroatoms. The van der Waals surface area contributed by atoms with E-state index in [9.17, 15) is 4.79 Å². The van der Waals surface area contributed by atoms with Crippen LogP contribution in [0.1, 0.15) is 32.6 Å². The molecule has 0 heterocycles. The Kier molecular flexibility index (Phi) is 6.60. The van der Waals surface area contributed by atoms with Gasteiger partial charge < -0.3 is 20.5 Å². The highest BCUT2D eigenvalue weighted by atomic mass is 16.5. The fourth-order valence-corrected chi connectivity index (χ4v) is 2.40. The molecular weight excluding hydrogens is 232 g/mol. The van der Waals surface area contributed by atoms with Crippen LogP contribution < -0.4 is 11.1 Å². The molecule has 0 aromatic heterocycles. The van der Waals surface area contributed by atoms with E-state index in [2.05, 4.69) is 5.32 Å². The maximum atomic E-state index is 12.0. The zero-order chi connectivity index (χ0) is 13.4. The van der Waals surface area contributed by atoms with Gasteiger partial charge in [-0.3, -0.25) is 4.79 Å². The van der Waals surface area contributed by atoms with Crippen molar-refractivity contribution >= 4 is 5.91 Å². The molecule has 1 aliphatic carbocycles. The summed E-state index contributed by atoms with van der Waals surface area (Å²) in [6, 6.07) is 0. The van der Waals surface area contributed by atoms with Gasteiger partial charge in [-0.05, 0) is 19.8 Å². The summed E-state index contributed by atoms with van der Waals surface area (Å²) in [7, 11) is 1.64. The minimum atomic E-state index is -0.362. The van der Waals surface area contributed by atoms with Crippen molar-refractivity contribution in [2.24, 2.45) is 11.7 Å². The van der Waals surface area contributed by atoms with Gasteiger partial charge in [-0.25, -0.2) is 0 Å². The third-order valence-electron chi connectivity index (χ3n) is 3.55. The van der Waals surface area contributed by atoms with Crippen molar-refractivity contribution < 1.29 is 14.3 Å². The number of hydrogen-bond donors (Lipinski definition) is 2. The van der Waals surface area contributed by atoms with E-state index < -0.39 is 0 Å². The second-order valence-electron chi connectivity index (χ2n) is 5.20. The van der Waals surface area contributed by atoms with E-state index in [1.807, 2.05) is 6.92 Å². The lowest BCUT2D eigenvalue weighted by Gasteiger charge is -2.37. The van der Waals surface area contributed by atoms with Gasteiger partial charge in [0.1, 0.15) is 0 Å². The molecular formula is C13H26N2O3. The first kappa shape index (κ1) is 15.4. The number of hydrogen-bond acceptors (Lipinski definition) is 4. The minimum absolute atomic E-state index is 0.0646. The zero-order valence-electron chi connectivity index (χ0n) is 11.5. The molecule has 0 spiro atoms. The summed E-state index contributed by atoms with van der Waals surface area (Å²) in [4.78, 5) is 12.0. The first-order valence-corrected chi connectivity index (χ1v) is 6.71. The average Bonchev–Trinajstić information content (AvgIpc) is 2.32. The van der Waals surface area contributed by atoms with Crippen LogP contribution in [0.4, 0.5) is 0 Å². The molecule has 1 amide bonds. The average molecular weight is 258 g/mol. The molecule has 0 bridgehead atoms. The lowest BCUT2D eigenvalue weighted by molar-refractivity contribution is -0.128. The molecule has 1 fully saturated rings. The van der Waals surface area contributed by atoms with Crippen LogP contribution in [0.15, 0.2) is 0 Å². The largest absolute Gasteiger partial charge is 0.382 e. The molecule has 0 radical (unpaired) electrons. The summed E-state index contributed by atoms with van der Waals surface area (Å²) in [6.45, 7) is 4.17. The summed E-state index contributed by atoms with van der Waals surface area (Å²) in [6.07, 6.45) is 4.03. The molecule has 2 atom stereocenters. The molecule has 0 aromatic carbocycles. The Morgan fingerprint density at radius 3 is 2.83 bits per heavy atom. The number of nitrogens with two attached hydrogens (primary N) is 1. The van der Waals surface area contributed by atoms with Crippen LogP contribution in [0.3, 0.4) is 0 Å². The predicted octanol–water partition coefficient (Wildman–Crippen LogP) is 0.673. The Bertz CT molecular complexity index is 257. The molecule has 2 unspecified atom stereocenters. The van der Waals surface area contributed by atoms with E-state index >= 15 is 0 Å². The van der Waals surface area contributed by atoms with E-state index in [0.717, 1.165) is 25.7 Å². The maximum Gasteiger partial charge on any atom is 0.225 e. The number of carbonyl (C=O) groups excluding carboxylic acids is 1. The third-order valence-corrected chi connectivity index (χ3v) is 3.55. The zero-order valence-corrected chi connectivity index (χ0v) is 11.5. The van der Waals surface area contributed by atoms with Crippen LogP contribution in [0.5, 0.6) is 0 Å². The number of methoxy groups -OCH3 is 1. The predicted molar refractivity (Wildman–Crippen MR) is 70.3 cm³/mol. The van der Waals surface area contributed by atoms with Gasteiger partial charge in [-0.15, -0.1) is 0 Å². The summed E-state index contributed by atoms with van der Waals surface area (Å²) >= 11 is 0. The fourth-order valence-electron chi connectivity index (χ4n) is 2.40. The number of rotatable bonds is 7. The van der Waals surface area contributed by atoms with Gasteiger partial charge in [0.05, 0.1) is 25.7 Å². The van der Waals surface area contributed by atoms with Crippen molar-refractivity contribution in [3.8, 4) is 0 Å². The lowest BCUT2D eigenvalue weighted by atomic mass is 9.74. The molecule has 0 aliphatic heterocycles. The summed E-state index contributed by atoms with van der Waals surface area (Å²) in [5.41, 5.74) is 5.82. The topological polar surface area (TPSA) is 73.6 Å². The van der Waals surface area contributed by atoms with Crippen LogP contribution in [-0.2, 0) is 14.3 Å². The normalized spacial score (nSPS) is 28.1. The van der Waals surface area contributed by atoms with E-state index in [4.69, 9.17) is 15.2 Å². The second kappa shape index (κ2) is 7.71. The van der Waals surface area contributed by atoms with Crippen molar-refractivity contribution in [1.82, 2.24) is 5.32 Å². The smallest absolute Gasteiger partial charge is 0.225 e. The van der Waals surface area contributed by atoms with Crippen LogP contribution >= 0.6 is 0 Å². The Balaban J connectivity index is 2.19. The van der Waals surface area contributed by atoms with Gasteiger partial charge in [0, 0.05) is 19.2 Å². The van der Waals surface area contributed by atoms with Crippen molar-refractivity contribution in [2.45, 2.75) is 38.1 Å². The van der Waals surface area contributed by atoms with Gasteiger partial charge in [-0.1, -0.05) is 12.8 Å². The standard InChI is InChI=1S/C13H26N2O3/c1-13(14)6-4-3-5-11(13)12(16)15-7-8-18-10-9-17-2/h11H,3-10,14H2,1-2H3,(H,15,16). The summed E-state index contributed by atoms with van der Waals surface area (Å²) in [5.74, 6) is 0.000247. The molecule has 1 saturated carbocycles. The molecule has 3 N–H and O–H groups in total. The van der Waals surface area contributed by atoms with Crippen LogP contribution in [0, 0.1) is 5.92 Å². The summed E-state index contributed by atoms with van der Waals surface area (Å²) in [5, 5.41) is 2.90. The van der Waals surface area contributed by atoms with E-state index in [-0.39, 0.29) is 17.4 Å². The summed E-state index contributed by atoms with van der Waals surface area (Å²) < 4.78 is 10.2. The lowest BCUT2D eigenvalue weighted by Crippen LogP contribution is -2.53. The second-order valence-corrected chi connectivity index (χ2v) is 5.20. The molecule has 18 heavy (non-hydrogen) atoms. The monoisotopic (exact) mass is 258 g/mol. The van der Waals surface area contributed by atoms with E-state index in [1.54, 1.807) is 7.11 Å². The molecule has 0 aromatic rings. The van der Waals surface area contributed by atoms with Gasteiger partial charge in [0.2, 0.25) is 5.91 Å². The highest BCUT2D eigenvalue weighted by Crippen LogP contribution is 2.31. The highest BCUT2D eigenvalue weighted by Gasteiger charge is 2.37. The van der Waals surface area contributed by atoms with Crippen molar-refractivity contribution in [1.29, 1.82) is 0 Å². The molecule has 106 valence electrons. The number of amides is 1. The Hall–Kier alpha value is -0.650. The maximum absolute atomic E-state index is 12.0. The first-order valence-electron chi connectivity index (χ1n) is 6.71. The molecule has 1 aliphatic rings. The molecule has 0 saturated heterocycles. The van der Waals surface area contributed by atoms with Crippen LogP contribution in [0.2, 0.25) is 0 Å². The number of nitrogens with one attached hydrogen (secondary N) is 1. The number of carbonyl (C=O) groups is 1. The van der Waals surface area contributed by atoms with Crippen molar-refractivity contribution in [3.63, 3.8) is 0 Å². The SMILES string of the molecule is COCCOCCNC(=O)C1CCCCC1(C)N. The Morgan fingerprint density at radius 1 is 1.39 bits per heavy atom. The van der Waals surface area contributed by atoms with E-state index in [1.165, 1.54) is 0 Å². The van der Waals surface area contributed by atoms with Gasteiger partial charge in [-0.2, -0.15) is 0 Å². The Morgan fingerprint density at radius 2 is 2.17 bits per heavy atom. The van der Waals surface area contributed by atoms with Crippen molar-refractivity contribution in [2.75, 3.05) is 33.5 Å². The molecule has 1 rings (SSSR count). The van der Waals surface area contributed by atoms with Crippen LogP contribution in [-0.4, -0.2) is 44.9 Å². The minimum Gasteiger partial charge on any atom is -0.382 e. The number of ether oxygens (including phenoxy) is 2. The van der Waals surface area contributed by atoms with E-state index in [0.29, 0.717) is 26.4 Å². The third kappa shape index (κ3) is 4.92. The van der Waals surface area contributed by atoms with Crippen molar-refractivity contribution in [3.05, 3.63) is 0 Å². The Labute approximate surface area is 109 Å². The fraction of sp³-hybridized carbons (Fsp3) is 0.923. The van der Waals surface area contributed by atoms with Gasteiger partial charge in [0.15, 0.2) is 0 Å². The van der Waals surface area contributed by atoms with Crippen LogP contribution in [0.25, 0.3) is 0 Å². The molecule has 5 nitrogen and oxygen atoms in total. The van der Waals surface area contributed by atoms with Gasteiger partial charge >= 0.3 is 0 Å². The first-order chi connectivity index (χ1) is 8.58. The highest BCUT2D eigenvalue weighted by molar-refractivity contribution is 5.80. The van der Waals surface area contributed by atoms with Gasteiger partial charge in [0.25, 0.3) is 0 Å². The quantitative estimate of drug-likeness (QED) is 0.658.